The first-order valence-corrected chi connectivity index (χ1v) is 9.83. The van der Waals surface area contributed by atoms with Gasteiger partial charge in [-0.05, 0) is 19.9 Å². The number of hydrogen-bond donors (Lipinski definition) is 0. The van der Waals surface area contributed by atoms with Crippen LogP contribution in [0.25, 0.3) is 0 Å². The molecule has 0 spiro atoms. The third kappa shape index (κ3) is 3.24. The molecule has 4 heterocycles. The number of hydrogen-bond acceptors (Lipinski definition) is 6. The zero-order valence-corrected chi connectivity index (χ0v) is 17.0. The van der Waals surface area contributed by atoms with Crippen LogP contribution in [0.2, 0.25) is 0 Å². The van der Waals surface area contributed by atoms with Crippen molar-refractivity contribution in [3.8, 4) is 5.88 Å². The second-order valence-electron chi connectivity index (χ2n) is 8.21. The van der Waals surface area contributed by atoms with Gasteiger partial charge in [0.25, 0.3) is 5.91 Å². The fourth-order valence-electron chi connectivity index (χ4n) is 4.33. The van der Waals surface area contributed by atoms with Gasteiger partial charge in [0, 0.05) is 38.3 Å². The summed E-state index contributed by atoms with van der Waals surface area (Å²) in [4.78, 5) is 35.9. The van der Waals surface area contributed by atoms with Crippen molar-refractivity contribution in [3.05, 3.63) is 22.9 Å². The van der Waals surface area contributed by atoms with Crippen LogP contribution in [0.5, 0.6) is 5.88 Å². The number of pyridine rings is 1. The van der Waals surface area contributed by atoms with Crippen molar-refractivity contribution in [3.63, 3.8) is 0 Å². The molecule has 1 aromatic rings. The van der Waals surface area contributed by atoms with Crippen LogP contribution in [0.1, 0.15) is 35.5 Å². The smallest absolute Gasteiger partial charge is 0.256 e. The largest absolute Gasteiger partial charge is 0.481 e. The molecule has 28 heavy (non-hydrogen) atoms. The zero-order valence-electron chi connectivity index (χ0n) is 17.0. The average molecular weight is 388 g/mol. The van der Waals surface area contributed by atoms with Crippen LogP contribution in [0.3, 0.4) is 0 Å². The predicted octanol–water partition coefficient (Wildman–Crippen LogP) is 0.743. The van der Waals surface area contributed by atoms with Crippen molar-refractivity contribution in [2.45, 2.75) is 39.0 Å². The number of ether oxygens (including phenoxy) is 2. The maximum absolute atomic E-state index is 12.7. The van der Waals surface area contributed by atoms with Crippen molar-refractivity contribution in [2.24, 2.45) is 5.92 Å². The third-order valence-corrected chi connectivity index (χ3v) is 5.98. The van der Waals surface area contributed by atoms with Gasteiger partial charge in [0.05, 0.1) is 50.1 Å². The van der Waals surface area contributed by atoms with Gasteiger partial charge in [0.2, 0.25) is 11.8 Å². The maximum Gasteiger partial charge on any atom is 0.256 e. The van der Waals surface area contributed by atoms with E-state index in [0.29, 0.717) is 44.3 Å². The van der Waals surface area contributed by atoms with Crippen molar-refractivity contribution in [1.29, 1.82) is 0 Å². The van der Waals surface area contributed by atoms with E-state index in [1.54, 1.807) is 7.11 Å². The van der Waals surface area contributed by atoms with Gasteiger partial charge in [-0.1, -0.05) is 0 Å². The van der Waals surface area contributed by atoms with Gasteiger partial charge < -0.3 is 19.3 Å². The van der Waals surface area contributed by atoms with Crippen LogP contribution in [-0.2, 0) is 22.6 Å². The molecule has 3 aliphatic rings. The Bertz CT molecular complexity index is 797. The Hall–Kier alpha value is -2.19. The molecular weight excluding hydrogens is 360 g/mol. The van der Waals surface area contributed by atoms with Gasteiger partial charge in [-0.3, -0.25) is 14.5 Å². The normalized spacial score (nSPS) is 25.3. The van der Waals surface area contributed by atoms with Gasteiger partial charge in [-0.2, -0.15) is 0 Å². The molecule has 2 fully saturated rings. The summed E-state index contributed by atoms with van der Waals surface area (Å²) in [6.07, 6.45) is 0. The van der Waals surface area contributed by atoms with Crippen LogP contribution < -0.4 is 4.74 Å². The van der Waals surface area contributed by atoms with Gasteiger partial charge in [0.15, 0.2) is 0 Å². The number of carbonyl (C=O) groups excluding carboxylic acids is 2. The van der Waals surface area contributed by atoms with Crippen molar-refractivity contribution in [1.82, 2.24) is 19.7 Å². The molecule has 0 aliphatic carbocycles. The van der Waals surface area contributed by atoms with Crippen LogP contribution in [0, 0.1) is 5.92 Å². The Balaban J connectivity index is 1.60. The Morgan fingerprint density at radius 2 is 2.07 bits per heavy atom. The third-order valence-electron chi connectivity index (χ3n) is 5.98. The standard InChI is InChI=1S/C20H28N4O4/c1-12(2)24-9-17-16(20(24)26)5-13(18(21-17)27-4)6-23-7-14-10-28-11-15(8-23)22(3)19(14)25/h5,12,14-15H,6-11H2,1-4H3/t14-,15+/m1/s1. The molecule has 152 valence electrons. The van der Waals surface area contributed by atoms with E-state index in [0.717, 1.165) is 17.8 Å². The minimum Gasteiger partial charge on any atom is -0.481 e. The lowest BCUT2D eigenvalue weighted by atomic mass is 10.1. The molecule has 2 amide bonds. The maximum atomic E-state index is 12.7. The molecular formula is C20H28N4O4. The summed E-state index contributed by atoms with van der Waals surface area (Å²) in [6, 6.07) is 2.09. The molecule has 0 saturated carbocycles. The highest BCUT2D eigenvalue weighted by Crippen LogP contribution is 2.30. The van der Waals surface area contributed by atoms with E-state index in [9.17, 15) is 9.59 Å². The molecule has 2 bridgehead atoms. The highest BCUT2D eigenvalue weighted by molar-refractivity contribution is 5.98. The highest BCUT2D eigenvalue weighted by Gasteiger charge is 2.38. The van der Waals surface area contributed by atoms with E-state index in [-0.39, 0.29) is 29.8 Å². The lowest BCUT2D eigenvalue weighted by molar-refractivity contribution is -0.134. The fraction of sp³-hybridized carbons (Fsp3) is 0.650. The molecule has 0 N–H and O–H groups in total. The Labute approximate surface area is 165 Å². The van der Waals surface area contributed by atoms with E-state index >= 15 is 0 Å². The van der Waals surface area contributed by atoms with Gasteiger partial charge in [0.1, 0.15) is 0 Å². The fourth-order valence-corrected chi connectivity index (χ4v) is 4.33. The number of aromatic nitrogens is 1. The summed E-state index contributed by atoms with van der Waals surface area (Å²) in [5, 5.41) is 0. The molecule has 0 radical (unpaired) electrons. The molecule has 2 saturated heterocycles. The molecule has 4 rings (SSSR count). The number of fused-ring (bicyclic) bond motifs is 4. The summed E-state index contributed by atoms with van der Waals surface area (Å²) in [5.74, 6) is 0.565. The van der Waals surface area contributed by atoms with E-state index < -0.39 is 0 Å². The quantitative estimate of drug-likeness (QED) is 0.758. The summed E-state index contributed by atoms with van der Waals surface area (Å²) in [6.45, 7) is 7.49. The van der Waals surface area contributed by atoms with E-state index in [2.05, 4.69) is 9.88 Å². The summed E-state index contributed by atoms with van der Waals surface area (Å²) in [7, 11) is 3.46. The lowest BCUT2D eigenvalue weighted by Crippen LogP contribution is -2.43. The number of carbonyl (C=O) groups is 2. The van der Waals surface area contributed by atoms with Crippen LogP contribution in [0.15, 0.2) is 6.07 Å². The molecule has 8 nitrogen and oxygen atoms in total. The summed E-state index contributed by atoms with van der Waals surface area (Å²) >= 11 is 0. The number of amides is 2. The Morgan fingerprint density at radius 3 is 2.79 bits per heavy atom. The van der Waals surface area contributed by atoms with E-state index in [4.69, 9.17) is 9.47 Å². The lowest BCUT2D eigenvalue weighted by Gasteiger charge is -2.29. The first-order chi connectivity index (χ1) is 13.4. The van der Waals surface area contributed by atoms with E-state index in [1.807, 2.05) is 36.8 Å². The second kappa shape index (κ2) is 7.33. The number of nitrogens with zero attached hydrogens (tertiary/aromatic N) is 4. The Morgan fingerprint density at radius 1 is 1.29 bits per heavy atom. The van der Waals surface area contributed by atoms with Crippen molar-refractivity contribution >= 4 is 11.8 Å². The summed E-state index contributed by atoms with van der Waals surface area (Å²) < 4.78 is 11.2. The number of methoxy groups -OCH3 is 1. The topological polar surface area (TPSA) is 75.2 Å². The first kappa shape index (κ1) is 19.1. The first-order valence-electron chi connectivity index (χ1n) is 9.83. The van der Waals surface area contributed by atoms with Gasteiger partial charge in [-0.15, -0.1) is 0 Å². The second-order valence-corrected chi connectivity index (χ2v) is 8.21. The molecule has 8 heteroatoms. The summed E-state index contributed by atoms with van der Waals surface area (Å²) in [5.41, 5.74) is 2.32. The molecule has 0 unspecified atom stereocenters. The molecule has 3 aliphatic heterocycles. The highest BCUT2D eigenvalue weighted by atomic mass is 16.5. The molecule has 0 aromatic carbocycles. The monoisotopic (exact) mass is 388 g/mol. The van der Waals surface area contributed by atoms with E-state index in [1.165, 1.54) is 0 Å². The van der Waals surface area contributed by atoms with Crippen LogP contribution >= 0.6 is 0 Å². The Kier molecular flexibility index (Phi) is 5.01. The molecule has 2 atom stereocenters. The number of rotatable bonds is 4. The minimum absolute atomic E-state index is 0.0254. The molecule has 1 aromatic heterocycles. The van der Waals surface area contributed by atoms with Gasteiger partial charge in [-0.25, -0.2) is 4.98 Å². The van der Waals surface area contributed by atoms with Gasteiger partial charge >= 0.3 is 0 Å². The number of likely N-dealkylation sites (N-methyl/N-ethyl adjacent to an activating group) is 1. The van der Waals surface area contributed by atoms with Crippen LogP contribution in [0.4, 0.5) is 0 Å². The van der Waals surface area contributed by atoms with Crippen LogP contribution in [-0.4, -0.2) is 84.0 Å². The SMILES string of the molecule is COc1nc2c(cc1CN1C[C@@H]3COC[C@H](C1)N(C)C3=O)C(=O)N(C(C)C)C2. The average Bonchev–Trinajstić information content (AvgIpc) is 2.85. The van der Waals surface area contributed by atoms with Crippen molar-refractivity contribution < 1.29 is 19.1 Å². The minimum atomic E-state index is -0.163. The van der Waals surface area contributed by atoms with Crippen molar-refractivity contribution in [2.75, 3.05) is 40.5 Å². The zero-order chi connectivity index (χ0) is 20.0. The predicted molar refractivity (Wildman–Crippen MR) is 102 cm³/mol.